The Bertz CT molecular complexity index is 491. The molecular formula is C11H7F3O3S. The zero-order valence-corrected chi connectivity index (χ0v) is 9.64. The lowest BCUT2D eigenvalue weighted by Crippen LogP contribution is -2.07. The molecule has 0 radical (unpaired) electrons. The van der Waals surface area contributed by atoms with E-state index in [1.54, 1.807) is 0 Å². The topological polar surface area (TPSA) is 46.5 Å². The Kier molecular flexibility index (Phi) is 4.50. The quantitative estimate of drug-likeness (QED) is 0.678. The number of thioether (sulfide) groups is 1. The fraction of sp³-hybridized carbons (Fsp3) is 0.182. The molecule has 0 unspecified atom stereocenters. The second-order valence-corrected chi connectivity index (χ2v) is 4.09. The molecule has 0 saturated carbocycles. The van der Waals surface area contributed by atoms with Gasteiger partial charge in [0.05, 0.1) is 4.90 Å². The number of ether oxygens (including phenoxy) is 1. The summed E-state index contributed by atoms with van der Waals surface area (Å²) in [5.41, 5.74) is -4.90. The van der Waals surface area contributed by atoms with Gasteiger partial charge in [-0.2, -0.15) is 13.2 Å². The van der Waals surface area contributed by atoms with Gasteiger partial charge in [-0.3, -0.25) is 0 Å². The van der Waals surface area contributed by atoms with Crippen LogP contribution in [0.2, 0.25) is 0 Å². The van der Waals surface area contributed by atoms with Crippen molar-refractivity contribution in [3.63, 3.8) is 0 Å². The largest absolute Gasteiger partial charge is 0.479 e. The van der Waals surface area contributed by atoms with E-state index in [1.165, 1.54) is 6.07 Å². The van der Waals surface area contributed by atoms with Crippen LogP contribution in [0.4, 0.5) is 13.2 Å². The van der Waals surface area contributed by atoms with Gasteiger partial charge in [0.25, 0.3) is 0 Å². The van der Waals surface area contributed by atoms with Crippen molar-refractivity contribution in [3.8, 4) is 18.1 Å². The Labute approximate surface area is 105 Å². The molecule has 0 bridgehead atoms. The molecule has 0 atom stereocenters. The molecule has 0 aliphatic heterocycles. The zero-order valence-electron chi connectivity index (χ0n) is 8.82. The molecule has 0 aliphatic rings. The number of para-hydroxylation sites is 1. The minimum atomic E-state index is -4.54. The Hall–Kier alpha value is -1.81. The first-order valence-corrected chi connectivity index (χ1v) is 5.35. The van der Waals surface area contributed by atoms with Crippen molar-refractivity contribution < 1.29 is 27.8 Å². The summed E-state index contributed by atoms with van der Waals surface area (Å²) in [6.45, 7) is -0.310. The van der Waals surface area contributed by atoms with Gasteiger partial charge in [0.1, 0.15) is 17.9 Å². The van der Waals surface area contributed by atoms with E-state index in [9.17, 15) is 18.0 Å². The lowest BCUT2D eigenvalue weighted by molar-refractivity contribution is -0.0329. The van der Waals surface area contributed by atoms with Crippen LogP contribution in [-0.4, -0.2) is 23.2 Å². The van der Waals surface area contributed by atoms with Crippen LogP contribution in [0, 0.1) is 12.3 Å². The SMILES string of the molecule is C#CCOc1c(SC(F)(F)F)cccc1C(=O)O. The highest BCUT2D eigenvalue weighted by Gasteiger charge is 2.32. The third-order valence-corrected chi connectivity index (χ3v) is 2.51. The van der Waals surface area contributed by atoms with E-state index in [1.807, 2.05) is 0 Å². The first-order valence-electron chi connectivity index (χ1n) is 4.53. The van der Waals surface area contributed by atoms with E-state index in [4.69, 9.17) is 16.3 Å². The van der Waals surface area contributed by atoms with E-state index >= 15 is 0 Å². The minimum absolute atomic E-state index is 0.310. The van der Waals surface area contributed by atoms with Crippen LogP contribution in [0.1, 0.15) is 10.4 Å². The number of aromatic carboxylic acids is 1. The van der Waals surface area contributed by atoms with Crippen LogP contribution in [-0.2, 0) is 0 Å². The van der Waals surface area contributed by atoms with Crippen molar-refractivity contribution in [2.45, 2.75) is 10.4 Å². The molecule has 0 aliphatic carbocycles. The van der Waals surface area contributed by atoms with Gasteiger partial charge < -0.3 is 9.84 Å². The molecule has 18 heavy (non-hydrogen) atoms. The van der Waals surface area contributed by atoms with Gasteiger partial charge in [-0.05, 0) is 23.9 Å². The molecule has 0 saturated heterocycles. The number of carboxylic acid groups (broad SMARTS) is 1. The van der Waals surface area contributed by atoms with Crippen LogP contribution in [0.3, 0.4) is 0 Å². The number of rotatable bonds is 4. The highest BCUT2D eigenvalue weighted by atomic mass is 32.2. The first-order chi connectivity index (χ1) is 8.35. The van der Waals surface area contributed by atoms with Crippen LogP contribution in [0.25, 0.3) is 0 Å². The third-order valence-electron chi connectivity index (χ3n) is 1.73. The number of halogens is 3. The molecule has 1 aromatic carbocycles. The summed E-state index contributed by atoms with van der Waals surface area (Å²) in [6.07, 6.45) is 4.93. The van der Waals surface area contributed by atoms with E-state index in [2.05, 4.69) is 5.92 Å². The van der Waals surface area contributed by atoms with Gasteiger partial charge in [0.15, 0.2) is 0 Å². The lowest BCUT2D eigenvalue weighted by atomic mass is 10.2. The summed E-state index contributed by atoms with van der Waals surface area (Å²) in [7, 11) is 0. The maximum atomic E-state index is 12.3. The Balaban J connectivity index is 3.20. The number of hydrogen-bond acceptors (Lipinski definition) is 3. The van der Waals surface area contributed by atoms with E-state index < -0.39 is 23.2 Å². The smallest absolute Gasteiger partial charge is 0.446 e. The summed E-state index contributed by atoms with van der Waals surface area (Å²) in [5, 5.41) is 8.87. The zero-order chi connectivity index (χ0) is 13.8. The van der Waals surface area contributed by atoms with Crippen molar-refractivity contribution in [2.24, 2.45) is 0 Å². The molecule has 0 heterocycles. The number of carboxylic acids is 1. The van der Waals surface area contributed by atoms with Crippen LogP contribution < -0.4 is 4.74 Å². The van der Waals surface area contributed by atoms with Crippen molar-refractivity contribution in [1.82, 2.24) is 0 Å². The standard InChI is InChI=1S/C11H7F3O3S/c1-2-6-17-9-7(10(15)16)4-3-5-8(9)18-11(12,13)14/h1,3-5H,6H2,(H,15,16). The summed E-state index contributed by atoms with van der Waals surface area (Å²) in [6, 6.07) is 3.48. The van der Waals surface area contributed by atoms with Crippen LogP contribution in [0.5, 0.6) is 5.75 Å². The normalized spacial score (nSPS) is 10.8. The molecule has 1 aromatic rings. The van der Waals surface area contributed by atoms with Crippen molar-refractivity contribution in [3.05, 3.63) is 23.8 Å². The second kappa shape index (κ2) is 5.69. The fourth-order valence-electron chi connectivity index (χ4n) is 1.15. The van der Waals surface area contributed by atoms with Crippen molar-refractivity contribution >= 4 is 17.7 Å². The molecule has 1 rings (SSSR count). The summed E-state index contributed by atoms with van der Waals surface area (Å²) in [4.78, 5) is 10.5. The molecule has 3 nitrogen and oxygen atoms in total. The molecule has 1 N–H and O–H groups in total. The minimum Gasteiger partial charge on any atom is -0.479 e. The van der Waals surface area contributed by atoms with Gasteiger partial charge in [-0.15, -0.1) is 6.42 Å². The van der Waals surface area contributed by atoms with Crippen LogP contribution in [0.15, 0.2) is 23.1 Å². The average molecular weight is 276 g/mol. The highest BCUT2D eigenvalue weighted by Crippen LogP contribution is 2.42. The third kappa shape index (κ3) is 3.89. The molecule has 0 fully saturated rings. The maximum absolute atomic E-state index is 12.3. The summed E-state index contributed by atoms with van der Waals surface area (Å²) < 4.78 is 41.8. The first kappa shape index (κ1) is 14.3. The van der Waals surface area contributed by atoms with Crippen molar-refractivity contribution in [1.29, 1.82) is 0 Å². The van der Waals surface area contributed by atoms with Crippen molar-refractivity contribution in [2.75, 3.05) is 6.61 Å². The number of benzene rings is 1. The predicted octanol–water partition coefficient (Wildman–Crippen LogP) is 3.01. The van der Waals surface area contributed by atoms with Gasteiger partial charge >= 0.3 is 11.5 Å². The molecule has 0 aromatic heterocycles. The monoisotopic (exact) mass is 276 g/mol. The van der Waals surface area contributed by atoms with E-state index in [0.29, 0.717) is 0 Å². The highest BCUT2D eigenvalue weighted by molar-refractivity contribution is 8.00. The number of terminal acetylenes is 1. The maximum Gasteiger partial charge on any atom is 0.446 e. The Morgan fingerprint density at radius 3 is 2.67 bits per heavy atom. The number of carbonyl (C=O) groups is 1. The molecule has 96 valence electrons. The van der Waals surface area contributed by atoms with E-state index in [-0.39, 0.29) is 22.8 Å². The average Bonchev–Trinajstić information content (AvgIpc) is 2.24. The summed E-state index contributed by atoms with van der Waals surface area (Å²) >= 11 is -0.448. The Morgan fingerprint density at radius 2 is 2.17 bits per heavy atom. The molecule has 0 amide bonds. The van der Waals surface area contributed by atoms with Gasteiger partial charge in [-0.1, -0.05) is 12.0 Å². The molecular weight excluding hydrogens is 269 g/mol. The molecule has 0 spiro atoms. The number of alkyl halides is 3. The summed E-state index contributed by atoms with van der Waals surface area (Å²) in [5.74, 6) is 0.314. The van der Waals surface area contributed by atoms with Crippen LogP contribution >= 0.6 is 11.8 Å². The van der Waals surface area contributed by atoms with Gasteiger partial charge in [0.2, 0.25) is 0 Å². The Morgan fingerprint density at radius 1 is 1.50 bits per heavy atom. The van der Waals surface area contributed by atoms with Gasteiger partial charge in [-0.25, -0.2) is 4.79 Å². The van der Waals surface area contributed by atoms with E-state index in [0.717, 1.165) is 12.1 Å². The predicted molar refractivity (Wildman–Crippen MR) is 59.6 cm³/mol. The van der Waals surface area contributed by atoms with Gasteiger partial charge in [0, 0.05) is 0 Å². The number of hydrogen-bond donors (Lipinski definition) is 1. The lowest BCUT2D eigenvalue weighted by Gasteiger charge is -2.13. The fourth-order valence-corrected chi connectivity index (χ4v) is 1.81. The second-order valence-electron chi connectivity index (χ2n) is 2.98. The molecule has 7 heteroatoms.